The van der Waals surface area contributed by atoms with Crippen molar-refractivity contribution >= 4 is 17.0 Å². The lowest BCUT2D eigenvalue weighted by Gasteiger charge is -2.39. The number of rotatable bonds is 5. The van der Waals surface area contributed by atoms with E-state index in [1.807, 2.05) is 28.8 Å². The standard InChI is InChI=1S/C22H27N5O3/c1-14-5-4-6-15(2)25(14)13-19-22(24-21-10-8-17(23)12-26(19)21)16-7-9-20(30-3)18(11-16)27(28)29/h7-12,14-15H,4-6,13,23H2,1-3H3. The highest BCUT2D eigenvalue weighted by Gasteiger charge is 2.28. The number of nitrogen functional groups attached to an aromatic ring is 1. The van der Waals surface area contributed by atoms with E-state index in [1.54, 1.807) is 6.07 Å². The summed E-state index contributed by atoms with van der Waals surface area (Å²) in [7, 11) is 1.43. The molecule has 1 aliphatic rings. The van der Waals surface area contributed by atoms with Crippen LogP contribution in [0, 0.1) is 10.1 Å². The number of nitro benzene ring substituents is 1. The fourth-order valence-electron chi connectivity index (χ4n) is 4.43. The summed E-state index contributed by atoms with van der Waals surface area (Å²) >= 11 is 0. The lowest BCUT2D eigenvalue weighted by Crippen LogP contribution is -2.43. The first-order valence-corrected chi connectivity index (χ1v) is 10.2. The van der Waals surface area contributed by atoms with Crippen molar-refractivity contribution in [2.75, 3.05) is 12.8 Å². The number of likely N-dealkylation sites (tertiary alicyclic amines) is 1. The van der Waals surface area contributed by atoms with Gasteiger partial charge in [0.1, 0.15) is 5.65 Å². The molecule has 0 aliphatic carbocycles. The van der Waals surface area contributed by atoms with Crippen LogP contribution in [-0.4, -0.2) is 38.4 Å². The third kappa shape index (κ3) is 3.59. The van der Waals surface area contributed by atoms with Crippen LogP contribution in [-0.2, 0) is 6.54 Å². The van der Waals surface area contributed by atoms with Gasteiger partial charge in [0.2, 0.25) is 0 Å². The monoisotopic (exact) mass is 409 g/mol. The van der Waals surface area contributed by atoms with E-state index in [2.05, 4.69) is 18.7 Å². The molecule has 3 heterocycles. The van der Waals surface area contributed by atoms with Gasteiger partial charge in [-0.3, -0.25) is 15.0 Å². The number of aromatic nitrogens is 2. The molecule has 8 heteroatoms. The predicted molar refractivity (Wildman–Crippen MR) is 117 cm³/mol. The molecular formula is C22H27N5O3. The Labute approximate surface area is 175 Å². The van der Waals surface area contributed by atoms with Gasteiger partial charge in [-0.25, -0.2) is 4.98 Å². The maximum absolute atomic E-state index is 11.5. The second-order valence-electron chi connectivity index (χ2n) is 8.04. The van der Waals surface area contributed by atoms with Crippen molar-refractivity contribution in [3.05, 3.63) is 52.3 Å². The minimum Gasteiger partial charge on any atom is -0.490 e. The van der Waals surface area contributed by atoms with Crippen molar-refractivity contribution in [3.63, 3.8) is 0 Å². The maximum Gasteiger partial charge on any atom is 0.311 e. The minimum absolute atomic E-state index is 0.0720. The Morgan fingerprint density at radius 2 is 1.97 bits per heavy atom. The van der Waals surface area contributed by atoms with E-state index >= 15 is 0 Å². The van der Waals surface area contributed by atoms with Crippen molar-refractivity contribution in [2.45, 2.75) is 51.7 Å². The minimum atomic E-state index is -0.426. The molecule has 0 spiro atoms. The van der Waals surface area contributed by atoms with Crippen molar-refractivity contribution < 1.29 is 9.66 Å². The van der Waals surface area contributed by atoms with E-state index in [9.17, 15) is 10.1 Å². The largest absolute Gasteiger partial charge is 0.490 e. The molecule has 1 fully saturated rings. The van der Waals surface area contributed by atoms with Crippen LogP contribution in [0.5, 0.6) is 5.75 Å². The van der Waals surface area contributed by atoms with E-state index in [1.165, 1.54) is 19.6 Å². The molecule has 8 nitrogen and oxygen atoms in total. The first-order valence-electron chi connectivity index (χ1n) is 10.2. The molecule has 3 aromatic rings. The Hall–Kier alpha value is -3.13. The van der Waals surface area contributed by atoms with Gasteiger partial charge in [0.15, 0.2) is 5.75 Å². The number of hydrogen-bond acceptors (Lipinski definition) is 6. The molecule has 2 aromatic heterocycles. The van der Waals surface area contributed by atoms with Gasteiger partial charge < -0.3 is 14.9 Å². The summed E-state index contributed by atoms with van der Waals surface area (Å²) in [6.45, 7) is 5.21. The van der Waals surface area contributed by atoms with Gasteiger partial charge in [-0.05, 0) is 51.0 Å². The van der Waals surface area contributed by atoms with Crippen LogP contribution < -0.4 is 10.5 Å². The zero-order valence-corrected chi connectivity index (χ0v) is 17.5. The van der Waals surface area contributed by atoms with Crippen LogP contribution in [0.3, 0.4) is 0 Å². The number of anilines is 1. The Balaban J connectivity index is 1.87. The molecule has 1 aliphatic heterocycles. The Morgan fingerprint density at radius 3 is 2.63 bits per heavy atom. The molecule has 2 atom stereocenters. The Kier molecular flexibility index (Phi) is 5.34. The Morgan fingerprint density at radius 1 is 1.23 bits per heavy atom. The normalized spacial score (nSPS) is 19.8. The average molecular weight is 409 g/mol. The summed E-state index contributed by atoms with van der Waals surface area (Å²) in [5.41, 5.74) is 9.81. The number of nitro groups is 1. The number of ether oxygens (including phenoxy) is 1. The van der Waals surface area contributed by atoms with Gasteiger partial charge in [-0.2, -0.15) is 0 Å². The smallest absolute Gasteiger partial charge is 0.311 e. The summed E-state index contributed by atoms with van der Waals surface area (Å²) < 4.78 is 7.17. The molecule has 2 N–H and O–H groups in total. The van der Waals surface area contributed by atoms with Crippen molar-refractivity contribution in [1.82, 2.24) is 14.3 Å². The summed E-state index contributed by atoms with van der Waals surface area (Å²) in [5.74, 6) is 0.233. The third-order valence-corrected chi connectivity index (χ3v) is 6.10. The quantitative estimate of drug-likeness (QED) is 0.499. The molecule has 2 unspecified atom stereocenters. The summed E-state index contributed by atoms with van der Waals surface area (Å²) in [6, 6.07) is 9.60. The topological polar surface area (TPSA) is 98.9 Å². The number of imidazole rings is 1. The first kappa shape index (κ1) is 20.2. The van der Waals surface area contributed by atoms with E-state index in [0.29, 0.717) is 29.9 Å². The van der Waals surface area contributed by atoms with Crippen LogP contribution in [0.4, 0.5) is 11.4 Å². The molecule has 0 radical (unpaired) electrons. The van der Waals surface area contributed by atoms with Crippen LogP contribution in [0.15, 0.2) is 36.5 Å². The third-order valence-electron chi connectivity index (χ3n) is 6.10. The maximum atomic E-state index is 11.5. The summed E-state index contributed by atoms with van der Waals surface area (Å²) in [5, 5.41) is 11.5. The molecule has 0 bridgehead atoms. The fraction of sp³-hybridized carbons (Fsp3) is 0.409. The van der Waals surface area contributed by atoms with Gasteiger partial charge in [0, 0.05) is 42.1 Å². The molecule has 4 rings (SSSR count). The van der Waals surface area contributed by atoms with Gasteiger partial charge in [0.25, 0.3) is 0 Å². The SMILES string of the molecule is COc1ccc(-c2nc3ccc(N)cn3c2CN2C(C)CCCC2C)cc1[N+](=O)[O-]. The zero-order chi connectivity index (χ0) is 21.4. The molecule has 0 amide bonds. The highest BCUT2D eigenvalue weighted by Crippen LogP contribution is 2.35. The molecule has 1 aromatic carbocycles. The fourth-order valence-corrected chi connectivity index (χ4v) is 4.43. The summed E-state index contributed by atoms with van der Waals surface area (Å²) in [4.78, 5) is 18.4. The van der Waals surface area contributed by atoms with Gasteiger partial charge >= 0.3 is 5.69 Å². The van der Waals surface area contributed by atoms with Crippen LogP contribution in [0.2, 0.25) is 0 Å². The molecule has 1 saturated heterocycles. The van der Waals surface area contributed by atoms with Crippen molar-refractivity contribution in [2.24, 2.45) is 0 Å². The number of nitrogens with zero attached hydrogens (tertiary/aromatic N) is 4. The highest BCUT2D eigenvalue weighted by molar-refractivity contribution is 5.71. The first-order chi connectivity index (χ1) is 14.4. The second-order valence-corrected chi connectivity index (χ2v) is 8.04. The van der Waals surface area contributed by atoms with E-state index < -0.39 is 4.92 Å². The Bertz CT molecular complexity index is 1080. The van der Waals surface area contributed by atoms with E-state index in [-0.39, 0.29) is 11.4 Å². The van der Waals surface area contributed by atoms with Crippen LogP contribution in [0.1, 0.15) is 38.8 Å². The van der Waals surface area contributed by atoms with Gasteiger partial charge in [-0.1, -0.05) is 6.42 Å². The van der Waals surface area contributed by atoms with Crippen molar-refractivity contribution in [3.8, 4) is 17.0 Å². The van der Waals surface area contributed by atoms with E-state index in [4.69, 9.17) is 15.5 Å². The van der Waals surface area contributed by atoms with Gasteiger partial charge in [0.05, 0.1) is 23.4 Å². The van der Waals surface area contributed by atoms with Crippen molar-refractivity contribution in [1.29, 1.82) is 0 Å². The highest BCUT2D eigenvalue weighted by atomic mass is 16.6. The number of benzene rings is 1. The van der Waals surface area contributed by atoms with E-state index in [0.717, 1.165) is 29.9 Å². The van der Waals surface area contributed by atoms with Gasteiger partial charge in [-0.15, -0.1) is 0 Å². The number of piperidine rings is 1. The average Bonchev–Trinajstić information content (AvgIpc) is 3.07. The lowest BCUT2D eigenvalue weighted by atomic mass is 9.97. The number of fused-ring (bicyclic) bond motifs is 1. The second kappa shape index (κ2) is 7.95. The molecule has 0 saturated carbocycles. The number of nitrogens with two attached hydrogens (primary N) is 1. The van der Waals surface area contributed by atoms with Crippen LogP contribution in [0.25, 0.3) is 16.9 Å². The molecule has 158 valence electrons. The summed E-state index contributed by atoms with van der Waals surface area (Å²) in [6.07, 6.45) is 5.42. The zero-order valence-electron chi connectivity index (χ0n) is 17.5. The number of hydrogen-bond donors (Lipinski definition) is 1. The lowest BCUT2D eigenvalue weighted by molar-refractivity contribution is -0.385. The number of methoxy groups -OCH3 is 1. The molecular weight excluding hydrogens is 382 g/mol. The predicted octanol–water partition coefficient (Wildman–Crippen LogP) is 4.26. The van der Waals surface area contributed by atoms with Crippen LogP contribution >= 0.6 is 0 Å². The number of pyridine rings is 1. The molecule has 30 heavy (non-hydrogen) atoms.